The molecule has 27 heavy (non-hydrogen) atoms. The second-order valence-electron chi connectivity index (χ2n) is 6.73. The molecule has 2 N–H and O–H groups in total. The molecule has 2 aliphatic heterocycles. The summed E-state index contributed by atoms with van der Waals surface area (Å²) in [7, 11) is 0. The number of nitrogens with zero attached hydrogens (tertiary/aromatic N) is 2. The molecular formula is C20H24N4O3. The van der Waals surface area contributed by atoms with E-state index >= 15 is 0 Å². The van der Waals surface area contributed by atoms with Gasteiger partial charge in [0, 0.05) is 32.4 Å². The van der Waals surface area contributed by atoms with Gasteiger partial charge >= 0.3 is 6.03 Å². The van der Waals surface area contributed by atoms with Crippen molar-refractivity contribution in [2.24, 2.45) is 0 Å². The molecule has 1 aromatic heterocycles. The molecule has 3 heterocycles. The number of hydrogen-bond acceptors (Lipinski definition) is 5. The first kappa shape index (κ1) is 17.5. The molecule has 7 nitrogen and oxygen atoms in total. The maximum atomic E-state index is 12.1. The lowest BCUT2D eigenvalue weighted by Crippen LogP contribution is -2.34. The van der Waals surface area contributed by atoms with E-state index in [9.17, 15) is 4.79 Å². The van der Waals surface area contributed by atoms with E-state index in [0.29, 0.717) is 26.3 Å². The Labute approximate surface area is 158 Å². The second-order valence-corrected chi connectivity index (χ2v) is 6.73. The predicted molar refractivity (Wildman–Crippen MR) is 102 cm³/mol. The van der Waals surface area contributed by atoms with E-state index in [2.05, 4.69) is 20.5 Å². The molecule has 7 heteroatoms. The number of fused-ring (bicyclic) bond motifs is 1. The molecule has 0 saturated carbocycles. The first-order valence-corrected chi connectivity index (χ1v) is 9.38. The quantitative estimate of drug-likeness (QED) is 0.848. The molecule has 0 aliphatic carbocycles. The smallest absolute Gasteiger partial charge is 0.315 e. The molecule has 0 atom stereocenters. The lowest BCUT2D eigenvalue weighted by molar-refractivity contribution is 0.171. The van der Waals surface area contributed by atoms with E-state index in [4.69, 9.17) is 9.47 Å². The standard InChI is InChI=1S/C20H24N4O3/c25-20(22-13-15-3-4-17-18(11-15)27-10-9-26-17)23-14-16-5-6-21-19(12-16)24-7-1-2-8-24/h3-6,11-12H,1-2,7-10,13-14H2,(H2,22,23,25). The van der Waals surface area contributed by atoms with Crippen LogP contribution in [0.1, 0.15) is 24.0 Å². The molecule has 4 rings (SSSR count). The van der Waals surface area contributed by atoms with E-state index in [0.717, 1.165) is 41.5 Å². The van der Waals surface area contributed by atoms with Gasteiger partial charge in [-0.05, 0) is 48.2 Å². The van der Waals surface area contributed by atoms with Crippen LogP contribution in [0, 0.1) is 0 Å². The predicted octanol–water partition coefficient (Wildman–Crippen LogP) is 2.45. The number of nitrogens with one attached hydrogen (secondary N) is 2. The van der Waals surface area contributed by atoms with Crippen molar-refractivity contribution in [3.8, 4) is 11.5 Å². The fourth-order valence-electron chi connectivity index (χ4n) is 3.31. The zero-order chi connectivity index (χ0) is 18.5. The third-order valence-electron chi connectivity index (χ3n) is 4.75. The lowest BCUT2D eigenvalue weighted by atomic mass is 10.2. The van der Waals surface area contributed by atoms with Crippen LogP contribution in [0.25, 0.3) is 0 Å². The van der Waals surface area contributed by atoms with Crippen LogP contribution < -0.4 is 25.0 Å². The summed E-state index contributed by atoms with van der Waals surface area (Å²) in [6.07, 6.45) is 4.23. The Kier molecular flexibility index (Phi) is 5.27. The fourth-order valence-corrected chi connectivity index (χ4v) is 3.31. The monoisotopic (exact) mass is 368 g/mol. The first-order chi connectivity index (χ1) is 13.3. The summed E-state index contributed by atoms with van der Waals surface area (Å²) in [6.45, 7) is 4.13. The highest BCUT2D eigenvalue weighted by atomic mass is 16.6. The number of rotatable bonds is 5. The minimum absolute atomic E-state index is 0.204. The third kappa shape index (κ3) is 4.42. The maximum Gasteiger partial charge on any atom is 0.315 e. The minimum Gasteiger partial charge on any atom is -0.486 e. The summed E-state index contributed by atoms with van der Waals surface area (Å²) in [5.74, 6) is 2.47. The Hall–Kier alpha value is -2.96. The number of benzene rings is 1. The van der Waals surface area contributed by atoms with Crippen LogP contribution in [0.15, 0.2) is 36.5 Å². The SMILES string of the molecule is O=C(NCc1ccnc(N2CCCC2)c1)NCc1ccc2c(c1)OCCO2. The van der Waals surface area contributed by atoms with Gasteiger partial charge in [0.1, 0.15) is 19.0 Å². The van der Waals surface area contributed by atoms with Crippen molar-refractivity contribution in [2.75, 3.05) is 31.2 Å². The Morgan fingerprint density at radius 3 is 2.44 bits per heavy atom. The number of carbonyl (C=O) groups excluding carboxylic acids is 1. The molecule has 2 aliphatic rings. The van der Waals surface area contributed by atoms with Gasteiger partial charge in [-0.1, -0.05) is 6.07 Å². The van der Waals surface area contributed by atoms with Gasteiger partial charge in [-0.3, -0.25) is 0 Å². The van der Waals surface area contributed by atoms with Gasteiger partial charge in [0.2, 0.25) is 0 Å². The van der Waals surface area contributed by atoms with Crippen molar-refractivity contribution < 1.29 is 14.3 Å². The van der Waals surface area contributed by atoms with E-state index in [-0.39, 0.29) is 6.03 Å². The number of amides is 2. The van der Waals surface area contributed by atoms with Gasteiger partial charge in [0.25, 0.3) is 0 Å². The number of urea groups is 1. The number of anilines is 1. The highest BCUT2D eigenvalue weighted by molar-refractivity contribution is 5.73. The van der Waals surface area contributed by atoms with Crippen LogP contribution in [-0.2, 0) is 13.1 Å². The summed E-state index contributed by atoms with van der Waals surface area (Å²) in [5, 5.41) is 5.77. The van der Waals surface area contributed by atoms with Crippen LogP contribution in [0.3, 0.4) is 0 Å². The van der Waals surface area contributed by atoms with Crippen molar-refractivity contribution in [3.05, 3.63) is 47.7 Å². The average molecular weight is 368 g/mol. The van der Waals surface area contributed by atoms with E-state index in [1.54, 1.807) is 6.20 Å². The second kappa shape index (κ2) is 8.16. The molecule has 0 unspecified atom stereocenters. The van der Waals surface area contributed by atoms with Gasteiger partial charge < -0.3 is 25.0 Å². The Morgan fingerprint density at radius 1 is 0.963 bits per heavy atom. The Morgan fingerprint density at radius 2 is 1.67 bits per heavy atom. The Bertz CT molecular complexity index is 806. The summed E-state index contributed by atoms with van der Waals surface area (Å²) in [5.41, 5.74) is 2.01. The van der Waals surface area contributed by atoms with Gasteiger partial charge in [0.05, 0.1) is 0 Å². The van der Waals surface area contributed by atoms with Gasteiger partial charge in [0.15, 0.2) is 11.5 Å². The molecule has 1 aromatic carbocycles. The van der Waals surface area contributed by atoms with Crippen LogP contribution in [0.2, 0.25) is 0 Å². The largest absolute Gasteiger partial charge is 0.486 e. The topological polar surface area (TPSA) is 75.7 Å². The molecule has 2 amide bonds. The number of carbonyl (C=O) groups is 1. The average Bonchev–Trinajstić information content (AvgIpc) is 3.26. The molecule has 1 fully saturated rings. The van der Waals surface area contributed by atoms with Crippen LogP contribution >= 0.6 is 0 Å². The third-order valence-corrected chi connectivity index (χ3v) is 4.75. The molecule has 142 valence electrons. The number of pyridine rings is 1. The summed E-state index contributed by atoms with van der Waals surface area (Å²) in [6, 6.07) is 9.48. The van der Waals surface area contributed by atoms with Gasteiger partial charge in [-0.15, -0.1) is 0 Å². The summed E-state index contributed by atoms with van der Waals surface area (Å²) < 4.78 is 11.1. The zero-order valence-corrected chi connectivity index (χ0v) is 15.2. The summed E-state index contributed by atoms with van der Waals surface area (Å²) in [4.78, 5) is 18.8. The Balaban J connectivity index is 1.27. The maximum absolute atomic E-state index is 12.1. The summed E-state index contributed by atoms with van der Waals surface area (Å²) >= 11 is 0. The molecule has 2 aromatic rings. The first-order valence-electron chi connectivity index (χ1n) is 9.38. The van der Waals surface area contributed by atoms with Gasteiger partial charge in [-0.25, -0.2) is 9.78 Å². The van der Waals surface area contributed by atoms with Crippen LogP contribution in [-0.4, -0.2) is 37.3 Å². The molecule has 0 spiro atoms. The van der Waals surface area contributed by atoms with E-state index in [1.807, 2.05) is 30.3 Å². The van der Waals surface area contributed by atoms with Crippen molar-refractivity contribution in [2.45, 2.75) is 25.9 Å². The molecule has 1 saturated heterocycles. The lowest BCUT2D eigenvalue weighted by Gasteiger charge is -2.19. The molecular weight excluding hydrogens is 344 g/mol. The highest BCUT2D eigenvalue weighted by Gasteiger charge is 2.14. The fraction of sp³-hybridized carbons (Fsp3) is 0.400. The van der Waals surface area contributed by atoms with Crippen LogP contribution in [0.5, 0.6) is 11.5 Å². The highest BCUT2D eigenvalue weighted by Crippen LogP contribution is 2.30. The van der Waals surface area contributed by atoms with Crippen LogP contribution in [0.4, 0.5) is 10.6 Å². The van der Waals surface area contributed by atoms with Crippen molar-refractivity contribution in [1.82, 2.24) is 15.6 Å². The number of hydrogen-bond donors (Lipinski definition) is 2. The number of aromatic nitrogens is 1. The molecule has 0 bridgehead atoms. The van der Waals surface area contributed by atoms with Crippen molar-refractivity contribution >= 4 is 11.8 Å². The van der Waals surface area contributed by atoms with Crippen molar-refractivity contribution in [1.29, 1.82) is 0 Å². The van der Waals surface area contributed by atoms with Crippen molar-refractivity contribution in [3.63, 3.8) is 0 Å². The van der Waals surface area contributed by atoms with E-state index in [1.165, 1.54) is 12.8 Å². The molecule has 0 radical (unpaired) electrons. The van der Waals surface area contributed by atoms with E-state index < -0.39 is 0 Å². The zero-order valence-electron chi connectivity index (χ0n) is 15.2. The minimum atomic E-state index is -0.204. The van der Waals surface area contributed by atoms with Gasteiger partial charge in [-0.2, -0.15) is 0 Å². The number of ether oxygens (including phenoxy) is 2. The normalized spacial score (nSPS) is 15.5.